The van der Waals surface area contributed by atoms with Crippen molar-refractivity contribution in [3.63, 3.8) is 0 Å². The number of hydrogen-bond acceptors (Lipinski definition) is 6. The fourth-order valence-corrected chi connectivity index (χ4v) is 2.45. The molecule has 0 saturated heterocycles. The molecule has 0 unspecified atom stereocenters. The summed E-state index contributed by atoms with van der Waals surface area (Å²) < 4.78 is 15.6. The van der Waals surface area contributed by atoms with Crippen molar-refractivity contribution in [3.8, 4) is 0 Å². The lowest BCUT2D eigenvalue weighted by Gasteiger charge is -2.22. The maximum Gasteiger partial charge on any atom is 0.408 e. The third-order valence-electron chi connectivity index (χ3n) is 3.88. The molecule has 1 N–H and O–H groups in total. The van der Waals surface area contributed by atoms with Gasteiger partial charge in [0.2, 0.25) is 5.90 Å². The number of hydrogen-bond donors (Lipinski definition) is 1. The highest BCUT2D eigenvalue weighted by Gasteiger charge is 2.38. The molecule has 0 aromatic heterocycles. The van der Waals surface area contributed by atoms with Gasteiger partial charge in [-0.2, -0.15) is 0 Å². The summed E-state index contributed by atoms with van der Waals surface area (Å²) in [5, 5.41) is 2.76. The summed E-state index contributed by atoms with van der Waals surface area (Å²) in [6.45, 7) is 5.75. The van der Waals surface area contributed by atoms with E-state index in [4.69, 9.17) is 14.2 Å². The second-order valence-electron chi connectivity index (χ2n) is 6.19. The molecule has 0 bridgehead atoms. The van der Waals surface area contributed by atoms with Crippen LogP contribution in [-0.4, -0.2) is 43.3 Å². The number of carbonyl (C=O) groups excluding carboxylic acids is 2. The van der Waals surface area contributed by atoms with Gasteiger partial charge in [0.25, 0.3) is 0 Å². The molecule has 0 radical (unpaired) electrons. The Morgan fingerprint density at radius 1 is 1.28 bits per heavy atom. The highest BCUT2D eigenvalue weighted by molar-refractivity contribution is 5.91. The van der Waals surface area contributed by atoms with Gasteiger partial charge in [-0.25, -0.2) is 14.6 Å². The number of carbonyl (C=O) groups is 2. The minimum absolute atomic E-state index is 0.00613. The predicted molar refractivity (Wildman–Crippen MR) is 92.2 cm³/mol. The number of rotatable bonds is 6. The summed E-state index contributed by atoms with van der Waals surface area (Å²) in [6.07, 6.45) is -1.01. The average Bonchev–Trinajstić information content (AvgIpc) is 2.99. The molecular formula is C18H24N2O5. The molecule has 0 spiro atoms. The molecule has 1 aromatic carbocycles. The van der Waals surface area contributed by atoms with E-state index in [1.54, 1.807) is 6.92 Å². The smallest absolute Gasteiger partial charge is 0.408 e. The lowest BCUT2D eigenvalue weighted by molar-refractivity contribution is -0.143. The van der Waals surface area contributed by atoms with E-state index in [9.17, 15) is 9.59 Å². The summed E-state index contributed by atoms with van der Waals surface area (Å²) in [5.41, 5.74) is 0.896. The van der Waals surface area contributed by atoms with Crippen LogP contribution in [0.3, 0.4) is 0 Å². The first-order valence-corrected chi connectivity index (χ1v) is 8.21. The normalized spacial score (nSPS) is 20.4. The van der Waals surface area contributed by atoms with E-state index < -0.39 is 30.3 Å². The lowest BCUT2D eigenvalue weighted by atomic mass is 10.0. The maximum atomic E-state index is 12.1. The second-order valence-corrected chi connectivity index (χ2v) is 6.19. The van der Waals surface area contributed by atoms with E-state index in [2.05, 4.69) is 10.3 Å². The van der Waals surface area contributed by atoms with E-state index in [1.807, 2.05) is 44.2 Å². The quantitative estimate of drug-likeness (QED) is 0.797. The van der Waals surface area contributed by atoms with Crippen molar-refractivity contribution in [2.45, 2.75) is 45.6 Å². The van der Waals surface area contributed by atoms with E-state index in [0.717, 1.165) is 5.56 Å². The standard InChI is InChI=1S/C18H24N2O5/c1-11(2)14(16-19-15(12(3)25-16)17(21)23-4)20-18(22)24-10-13-8-6-5-7-9-13/h5-9,11-12,14-15H,10H2,1-4H3,(H,20,22)/t12-,14+,15-/m1/s1. The highest BCUT2D eigenvalue weighted by atomic mass is 16.6. The average molecular weight is 348 g/mol. The van der Waals surface area contributed by atoms with Crippen molar-refractivity contribution in [2.75, 3.05) is 7.11 Å². The Kier molecular flexibility index (Phi) is 6.38. The van der Waals surface area contributed by atoms with Crippen molar-refractivity contribution >= 4 is 18.0 Å². The Morgan fingerprint density at radius 3 is 2.56 bits per heavy atom. The van der Waals surface area contributed by atoms with Crippen LogP contribution < -0.4 is 5.32 Å². The third kappa shape index (κ3) is 4.95. The fourth-order valence-electron chi connectivity index (χ4n) is 2.45. The number of alkyl carbamates (subject to hydrolysis) is 1. The van der Waals surface area contributed by atoms with Crippen LogP contribution in [-0.2, 0) is 25.6 Å². The topological polar surface area (TPSA) is 86.2 Å². The Bertz CT molecular complexity index is 630. The minimum atomic E-state index is -0.719. The van der Waals surface area contributed by atoms with Gasteiger partial charge in [-0.1, -0.05) is 44.2 Å². The molecule has 136 valence electrons. The third-order valence-corrected chi connectivity index (χ3v) is 3.88. The summed E-state index contributed by atoms with van der Waals surface area (Å²) in [6, 6.07) is 8.20. The van der Waals surface area contributed by atoms with Crippen LogP contribution in [0.2, 0.25) is 0 Å². The van der Waals surface area contributed by atoms with E-state index in [1.165, 1.54) is 7.11 Å². The summed E-state index contributed by atoms with van der Waals surface area (Å²) in [5.74, 6) is -0.141. The van der Waals surface area contributed by atoms with Gasteiger partial charge >= 0.3 is 12.1 Å². The molecule has 0 fully saturated rings. The highest BCUT2D eigenvalue weighted by Crippen LogP contribution is 2.19. The molecule has 1 heterocycles. The molecule has 25 heavy (non-hydrogen) atoms. The number of esters is 1. The summed E-state index contributed by atoms with van der Waals surface area (Å²) >= 11 is 0. The zero-order chi connectivity index (χ0) is 18.4. The molecule has 1 aromatic rings. The number of amides is 1. The zero-order valence-corrected chi connectivity index (χ0v) is 14.9. The lowest BCUT2D eigenvalue weighted by Crippen LogP contribution is -2.45. The first-order chi connectivity index (χ1) is 11.9. The molecule has 7 heteroatoms. The Balaban J connectivity index is 1.98. The SMILES string of the molecule is COC(=O)[C@@H]1N=C([C@@H](NC(=O)OCc2ccccc2)C(C)C)O[C@@H]1C. The van der Waals surface area contributed by atoms with Crippen molar-refractivity contribution in [1.29, 1.82) is 0 Å². The molecule has 1 aliphatic heterocycles. The van der Waals surface area contributed by atoms with E-state index in [0.29, 0.717) is 5.90 Å². The van der Waals surface area contributed by atoms with Gasteiger partial charge in [0, 0.05) is 0 Å². The largest absolute Gasteiger partial charge is 0.474 e. The molecule has 0 aliphatic carbocycles. The van der Waals surface area contributed by atoms with E-state index in [-0.39, 0.29) is 12.5 Å². The maximum absolute atomic E-state index is 12.1. The van der Waals surface area contributed by atoms with Gasteiger partial charge in [-0.15, -0.1) is 0 Å². The first kappa shape index (κ1) is 18.8. The van der Waals surface area contributed by atoms with Crippen LogP contribution in [0.15, 0.2) is 35.3 Å². The van der Waals surface area contributed by atoms with Crippen LogP contribution >= 0.6 is 0 Å². The van der Waals surface area contributed by atoms with Crippen LogP contribution in [0.5, 0.6) is 0 Å². The second kappa shape index (κ2) is 8.50. The molecular weight excluding hydrogens is 324 g/mol. The number of nitrogens with zero attached hydrogens (tertiary/aromatic N) is 1. The van der Waals surface area contributed by atoms with Gasteiger partial charge < -0.3 is 19.5 Å². The Hall–Kier alpha value is -2.57. The van der Waals surface area contributed by atoms with Crippen LogP contribution in [0.25, 0.3) is 0 Å². The first-order valence-electron chi connectivity index (χ1n) is 8.21. The number of nitrogens with one attached hydrogen (secondary N) is 1. The Morgan fingerprint density at radius 2 is 1.96 bits per heavy atom. The van der Waals surface area contributed by atoms with Crippen LogP contribution in [0.1, 0.15) is 26.3 Å². The van der Waals surface area contributed by atoms with Crippen molar-refractivity contribution in [2.24, 2.45) is 10.9 Å². The molecule has 1 aliphatic rings. The zero-order valence-electron chi connectivity index (χ0n) is 14.9. The van der Waals surface area contributed by atoms with Crippen molar-refractivity contribution < 1.29 is 23.8 Å². The number of benzene rings is 1. The molecule has 3 atom stereocenters. The number of ether oxygens (including phenoxy) is 3. The predicted octanol–water partition coefficient (Wildman–Crippen LogP) is 2.30. The molecule has 1 amide bonds. The molecule has 7 nitrogen and oxygen atoms in total. The van der Waals surface area contributed by atoms with Gasteiger partial charge in [-0.3, -0.25) is 0 Å². The fraction of sp³-hybridized carbons (Fsp3) is 0.500. The number of aliphatic imine (C=N–C) groups is 1. The van der Waals surface area contributed by atoms with Crippen molar-refractivity contribution in [1.82, 2.24) is 5.32 Å². The summed E-state index contributed by atoms with van der Waals surface area (Å²) in [7, 11) is 1.31. The minimum Gasteiger partial charge on any atom is -0.474 e. The van der Waals surface area contributed by atoms with Gasteiger partial charge in [0.15, 0.2) is 6.04 Å². The van der Waals surface area contributed by atoms with E-state index >= 15 is 0 Å². The Labute approximate surface area is 147 Å². The van der Waals surface area contributed by atoms with Gasteiger partial charge in [0.1, 0.15) is 18.8 Å². The van der Waals surface area contributed by atoms with Crippen LogP contribution in [0, 0.1) is 5.92 Å². The molecule has 2 rings (SSSR count). The van der Waals surface area contributed by atoms with Crippen molar-refractivity contribution in [3.05, 3.63) is 35.9 Å². The van der Waals surface area contributed by atoms with Gasteiger partial charge in [-0.05, 0) is 18.4 Å². The van der Waals surface area contributed by atoms with Gasteiger partial charge in [0.05, 0.1) is 7.11 Å². The number of methoxy groups -OCH3 is 1. The van der Waals surface area contributed by atoms with Crippen LogP contribution in [0.4, 0.5) is 4.79 Å². The summed E-state index contributed by atoms with van der Waals surface area (Å²) in [4.78, 5) is 28.1. The molecule has 0 saturated carbocycles. The monoisotopic (exact) mass is 348 g/mol.